The highest BCUT2D eigenvalue weighted by Crippen LogP contribution is 2.36. The summed E-state index contributed by atoms with van der Waals surface area (Å²) in [6.07, 6.45) is 1.10. The number of amides is 1. The van der Waals surface area contributed by atoms with Gasteiger partial charge in [0.05, 0.1) is 43.6 Å². The summed E-state index contributed by atoms with van der Waals surface area (Å²) in [7, 11) is 4.11. The third-order valence-electron chi connectivity index (χ3n) is 4.12. The third-order valence-corrected chi connectivity index (χ3v) is 4.53. The molecule has 0 saturated carbocycles. The molecule has 2 aromatic carbocycles. The number of nitriles is 1. The Balaban J connectivity index is 2.50. The Kier molecular flexibility index (Phi) is 7.22. The predicted octanol–water partition coefficient (Wildman–Crippen LogP) is 4.13. The minimum Gasteiger partial charge on any atom is -0.495 e. The molecule has 0 radical (unpaired) electrons. The fourth-order valence-corrected chi connectivity index (χ4v) is 2.73. The van der Waals surface area contributed by atoms with Crippen LogP contribution in [0.25, 0.3) is 6.08 Å². The molecule has 0 atom stereocenters. The molecule has 0 aliphatic rings. The van der Waals surface area contributed by atoms with E-state index in [4.69, 9.17) is 25.8 Å². The first kappa shape index (κ1) is 22.5. The highest BCUT2D eigenvalue weighted by molar-refractivity contribution is 6.31. The summed E-state index contributed by atoms with van der Waals surface area (Å²) in [4.78, 5) is 23.4. The van der Waals surface area contributed by atoms with Gasteiger partial charge in [-0.3, -0.25) is 14.9 Å². The van der Waals surface area contributed by atoms with E-state index >= 15 is 0 Å². The SMILES string of the molecule is COc1cc(Cl)c(C)cc1NC(=O)/C(C#N)=C/c1cc(OC)c(OC)cc1[N+](=O)[O-]. The van der Waals surface area contributed by atoms with Gasteiger partial charge in [-0.1, -0.05) is 11.6 Å². The summed E-state index contributed by atoms with van der Waals surface area (Å²) in [6, 6.07) is 7.34. The Morgan fingerprint density at radius 3 is 2.27 bits per heavy atom. The molecule has 2 rings (SSSR count). The van der Waals surface area contributed by atoms with Gasteiger partial charge in [0.15, 0.2) is 11.5 Å². The van der Waals surface area contributed by atoms with E-state index in [1.807, 2.05) is 0 Å². The van der Waals surface area contributed by atoms with E-state index in [9.17, 15) is 20.2 Å². The van der Waals surface area contributed by atoms with Crippen molar-refractivity contribution in [3.05, 3.63) is 56.1 Å². The lowest BCUT2D eigenvalue weighted by atomic mass is 10.1. The first-order valence-corrected chi connectivity index (χ1v) is 8.81. The fourth-order valence-electron chi connectivity index (χ4n) is 2.58. The van der Waals surface area contributed by atoms with Gasteiger partial charge in [0, 0.05) is 11.1 Å². The number of nitrogens with one attached hydrogen (secondary N) is 1. The number of nitrogens with zero attached hydrogens (tertiary/aromatic N) is 2. The van der Waals surface area contributed by atoms with Gasteiger partial charge in [-0.25, -0.2) is 0 Å². The normalized spacial score (nSPS) is 10.7. The summed E-state index contributed by atoms with van der Waals surface area (Å²) in [5.41, 5.74) is 0.273. The molecule has 1 N–H and O–H groups in total. The van der Waals surface area contributed by atoms with E-state index in [0.717, 1.165) is 12.1 Å². The molecule has 1 amide bonds. The molecule has 0 fully saturated rings. The molecule has 30 heavy (non-hydrogen) atoms. The number of halogens is 1. The van der Waals surface area contributed by atoms with Gasteiger partial charge >= 0.3 is 0 Å². The van der Waals surface area contributed by atoms with Gasteiger partial charge in [0.1, 0.15) is 17.4 Å². The number of nitro benzene ring substituents is 1. The monoisotopic (exact) mass is 431 g/mol. The molecule has 10 heteroatoms. The molecule has 156 valence electrons. The lowest BCUT2D eigenvalue weighted by molar-refractivity contribution is -0.385. The number of ether oxygens (including phenoxy) is 3. The van der Waals surface area contributed by atoms with Crippen LogP contribution in [0.3, 0.4) is 0 Å². The largest absolute Gasteiger partial charge is 0.495 e. The zero-order valence-corrected chi connectivity index (χ0v) is 17.4. The average molecular weight is 432 g/mol. The van der Waals surface area contributed by atoms with E-state index < -0.39 is 10.8 Å². The maximum atomic E-state index is 12.7. The van der Waals surface area contributed by atoms with Crippen LogP contribution in [0, 0.1) is 28.4 Å². The Bertz CT molecular complexity index is 1080. The van der Waals surface area contributed by atoms with Crippen LogP contribution >= 0.6 is 11.6 Å². The second-order valence-electron chi connectivity index (χ2n) is 5.95. The number of methoxy groups -OCH3 is 3. The van der Waals surface area contributed by atoms with Gasteiger partial charge in [-0.2, -0.15) is 5.26 Å². The molecule has 0 heterocycles. The Hall–Kier alpha value is -3.77. The average Bonchev–Trinajstić information content (AvgIpc) is 2.73. The molecule has 0 aliphatic carbocycles. The number of aryl methyl sites for hydroxylation is 1. The minimum absolute atomic E-state index is 0.00333. The Morgan fingerprint density at radius 2 is 1.73 bits per heavy atom. The van der Waals surface area contributed by atoms with Gasteiger partial charge < -0.3 is 19.5 Å². The van der Waals surface area contributed by atoms with Gasteiger partial charge in [-0.05, 0) is 30.7 Å². The van der Waals surface area contributed by atoms with Crippen molar-refractivity contribution in [3.8, 4) is 23.3 Å². The van der Waals surface area contributed by atoms with Crippen LogP contribution in [0.5, 0.6) is 17.2 Å². The number of carbonyl (C=O) groups excluding carboxylic acids is 1. The molecule has 0 aliphatic heterocycles. The summed E-state index contributed by atoms with van der Waals surface area (Å²) in [5.74, 6) is -0.123. The second-order valence-corrected chi connectivity index (χ2v) is 6.36. The van der Waals surface area contributed by atoms with Crippen molar-refractivity contribution in [2.75, 3.05) is 26.6 Å². The molecular formula is C20H18ClN3O6. The first-order valence-electron chi connectivity index (χ1n) is 8.43. The van der Waals surface area contributed by atoms with Gasteiger partial charge in [-0.15, -0.1) is 0 Å². The van der Waals surface area contributed by atoms with Crippen molar-refractivity contribution < 1.29 is 23.9 Å². The zero-order valence-electron chi connectivity index (χ0n) is 16.6. The molecule has 2 aromatic rings. The van der Waals surface area contributed by atoms with Crippen molar-refractivity contribution in [1.82, 2.24) is 0 Å². The van der Waals surface area contributed by atoms with Crippen LogP contribution in [0.1, 0.15) is 11.1 Å². The standard InChI is InChI=1S/C20H18ClN3O6/c1-11-5-15(17(28-2)8-14(11)21)23-20(25)13(10-22)6-12-7-18(29-3)19(30-4)9-16(12)24(26)27/h5-9H,1-4H3,(H,23,25)/b13-6+. The number of hydrogen-bond acceptors (Lipinski definition) is 7. The third kappa shape index (κ3) is 4.79. The summed E-state index contributed by atoms with van der Waals surface area (Å²) in [6.45, 7) is 1.74. The summed E-state index contributed by atoms with van der Waals surface area (Å²) < 4.78 is 15.4. The number of carbonyl (C=O) groups is 1. The van der Waals surface area contributed by atoms with Crippen molar-refractivity contribution in [3.63, 3.8) is 0 Å². The van der Waals surface area contributed by atoms with Crippen LogP contribution in [0.2, 0.25) is 5.02 Å². The van der Waals surface area contributed by atoms with E-state index in [1.165, 1.54) is 33.5 Å². The zero-order chi connectivity index (χ0) is 22.4. The van der Waals surface area contributed by atoms with E-state index in [-0.39, 0.29) is 28.3 Å². The van der Waals surface area contributed by atoms with Crippen molar-refractivity contribution in [1.29, 1.82) is 5.26 Å². The van der Waals surface area contributed by atoms with E-state index in [1.54, 1.807) is 19.1 Å². The molecule has 0 bridgehead atoms. The Morgan fingerprint density at radius 1 is 1.13 bits per heavy atom. The van der Waals surface area contributed by atoms with Gasteiger partial charge in [0.2, 0.25) is 0 Å². The maximum Gasteiger partial charge on any atom is 0.280 e. The first-order chi connectivity index (χ1) is 14.2. The van der Waals surface area contributed by atoms with Crippen LogP contribution in [-0.2, 0) is 4.79 Å². The second kappa shape index (κ2) is 9.62. The van der Waals surface area contributed by atoms with Crippen LogP contribution in [-0.4, -0.2) is 32.2 Å². The number of anilines is 1. The fraction of sp³-hybridized carbons (Fsp3) is 0.200. The maximum absolute atomic E-state index is 12.7. The number of nitro groups is 1. The highest BCUT2D eigenvalue weighted by atomic mass is 35.5. The molecule has 0 unspecified atom stereocenters. The summed E-state index contributed by atoms with van der Waals surface area (Å²) >= 11 is 6.06. The topological polar surface area (TPSA) is 124 Å². The molecule has 9 nitrogen and oxygen atoms in total. The number of rotatable bonds is 7. The van der Waals surface area contributed by atoms with Crippen molar-refractivity contribution in [2.45, 2.75) is 6.92 Å². The van der Waals surface area contributed by atoms with Crippen molar-refractivity contribution >= 4 is 35.0 Å². The quantitative estimate of drug-likeness (QED) is 0.302. The van der Waals surface area contributed by atoms with Crippen molar-refractivity contribution in [2.24, 2.45) is 0 Å². The molecule has 0 spiro atoms. The molecular weight excluding hydrogens is 414 g/mol. The Labute approximate surface area is 177 Å². The molecule has 0 aromatic heterocycles. The lowest BCUT2D eigenvalue weighted by Crippen LogP contribution is -2.14. The molecule has 0 saturated heterocycles. The van der Waals surface area contributed by atoms with Crippen LogP contribution < -0.4 is 19.5 Å². The van der Waals surface area contributed by atoms with Crippen LogP contribution in [0.4, 0.5) is 11.4 Å². The smallest absolute Gasteiger partial charge is 0.280 e. The number of benzene rings is 2. The highest BCUT2D eigenvalue weighted by Gasteiger charge is 2.21. The lowest BCUT2D eigenvalue weighted by Gasteiger charge is -2.12. The minimum atomic E-state index is -0.776. The predicted molar refractivity (Wildman–Crippen MR) is 111 cm³/mol. The summed E-state index contributed by atoms with van der Waals surface area (Å²) in [5, 5.41) is 23.9. The number of hydrogen-bond donors (Lipinski definition) is 1. The van der Waals surface area contributed by atoms with E-state index in [2.05, 4.69) is 5.32 Å². The van der Waals surface area contributed by atoms with Gasteiger partial charge in [0.25, 0.3) is 11.6 Å². The van der Waals surface area contributed by atoms with Crippen LogP contribution in [0.15, 0.2) is 29.8 Å². The van der Waals surface area contributed by atoms with E-state index in [0.29, 0.717) is 22.0 Å².